The zero-order valence-electron chi connectivity index (χ0n) is 18.0. The summed E-state index contributed by atoms with van der Waals surface area (Å²) < 4.78 is 17.0. The van der Waals surface area contributed by atoms with Gasteiger partial charge in [-0.05, 0) is 12.2 Å². The minimum atomic E-state index is -1.59. The zero-order chi connectivity index (χ0) is 24.9. The van der Waals surface area contributed by atoms with Gasteiger partial charge in [0.05, 0.1) is 13.2 Å². The smallest absolute Gasteiger partial charge is 0.217 e. The van der Waals surface area contributed by atoms with Crippen molar-refractivity contribution < 1.29 is 49.3 Å². The lowest BCUT2D eigenvalue weighted by Crippen LogP contribution is -2.71. The van der Waals surface area contributed by atoms with Crippen molar-refractivity contribution in [2.45, 2.75) is 75.1 Å². The third kappa shape index (κ3) is 6.66. The molecule has 190 valence electrons. The summed E-state index contributed by atoms with van der Waals surface area (Å²) in [7, 11) is 0. The predicted octanol–water partition coefficient (Wildman–Crippen LogP) is -5.76. The van der Waals surface area contributed by atoms with Gasteiger partial charge in [0.1, 0.15) is 48.7 Å². The number of carbonyl (C=O) groups is 2. The van der Waals surface area contributed by atoms with Crippen LogP contribution in [0.2, 0.25) is 0 Å². The Morgan fingerprint density at radius 1 is 0.909 bits per heavy atom. The molecule has 16 heteroatoms. The first-order valence-corrected chi connectivity index (χ1v) is 10.5. The third-order valence-corrected chi connectivity index (χ3v) is 5.45. The Balaban J connectivity index is 2.32. The SMILES string of the molecule is CC(=O)N[C@@H]1[C@@H](O)[C@H](O[C@@H]2O[C@H](CO)[C@H](O)[C@H](O)[C@H]2NC(C)=O)[C@@H](CO)O[C@H]1NC(=S)NN. The molecule has 0 bridgehead atoms. The van der Waals surface area contributed by atoms with Gasteiger partial charge in [-0.3, -0.25) is 9.59 Å². The van der Waals surface area contributed by atoms with Crippen LogP contribution >= 0.6 is 12.2 Å². The lowest BCUT2D eigenvalue weighted by atomic mass is 9.94. The van der Waals surface area contributed by atoms with E-state index in [4.69, 9.17) is 32.3 Å². The number of hydrogen-bond acceptors (Lipinski definition) is 12. The number of aliphatic hydroxyl groups excluding tert-OH is 5. The Morgan fingerprint density at radius 2 is 1.48 bits per heavy atom. The number of rotatable bonds is 7. The number of amides is 2. The Hall–Kier alpha value is -1.73. The summed E-state index contributed by atoms with van der Waals surface area (Å²) in [6.07, 6.45) is -11.1. The van der Waals surface area contributed by atoms with Gasteiger partial charge in [0.15, 0.2) is 17.6 Å². The van der Waals surface area contributed by atoms with Crippen LogP contribution in [0.3, 0.4) is 0 Å². The maximum absolute atomic E-state index is 11.7. The van der Waals surface area contributed by atoms with Gasteiger partial charge in [0.25, 0.3) is 0 Å². The number of carbonyl (C=O) groups excluding carboxylic acids is 2. The van der Waals surface area contributed by atoms with E-state index in [1.807, 2.05) is 0 Å². The first-order valence-electron chi connectivity index (χ1n) is 10.1. The van der Waals surface area contributed by atoms with E-state index in [-0.39, 0.29) is 5.11 Å². The molecule has 2 heterocycles. The second kappa shape index (κ2) is 12.1. The maximum Gasteiger partial charge on any atom is 0.217 e. The number of thiocarbonyl (C=S) groups is 1. The molecule has 0 radical (unpaired) electrons. The number of nitrogens with one attached hydrogen (secondary N) is 4. The highest BCUT2D eigenvalue weighted by atomic mass is 32.1. The van der Waals surface area contributed by atoms with Crippen molar-refractivity contribution in [2.75, 3.05) is 13.2 Å². The van der Waals surface area contributed by atoms with Gasteiger partial charge in [-0.15, -0.1) is 0 Å². The fraction of sp³-hybridized carbons (Fsp3) is 0.824. The molecule has 2 fully saturated rings. The zero-order valence-corrected chi connectivity index (χ0v) is 18.8. The van der Waals surface area contributed by atoms with Crippen LogP contribution in [0.15, 0.2) is 0 Å². The number of hydrogen-bond donors (Lipinski definition) is 10. The molecule has 0 aromatic carbocycles. The number of hydrazine groups is 1. The summed E-state index contributed by atoms with van der Waals surface area (Å²) in [5, 5.41) is 58.4. The van der Waals surface area contributed by atoms with Crippen LogP contribution in [0, 0.1) is 0 Å². The molecule has 2 aliphatic heterocycles. The van der Waals surface area contributed by atoms with Gasteiger partial charge < -0.3 is 61.1 Å². The van der Waals surface area contributed by atoms with Gasteiger partial charge in [-0.1, -0.05) is 0 Å². The van der Waals surface area contributed by atoms with Gasteiger partial charge in [0, 0.05) is 13.8 Å². The molecule has 0 aliphatic carbocycles. The van der Waals surface area contributed by atoms with Gasteiger partial charge >= 0.3 is 0 Å². The van der Waals surface area contributed by atoms with E-state index in [1.165, 1.54) is 13.8 Å². The third-order valence-electron chi connectivity index (χ3n) is 5.21. The van der Waals surface area contributed by atoms with Gasteiger partial charge in [0.2, 0.25) is 11.8 Å². The largest absolute Gasteiger partial charge is 0.394 e. The lowest BCUT2D eigenvalue weighted by Gasteiger charge is -2.48. The fourth-order valence-corrected chi connectivity index (χ4v) is 3.82. The van der Waals surface area contributed by atoms with E-state index < -0.39 is 86.3 Å². The average Bonchev–Trinajstić information content (AvgIpc) is 2.76. The minimum Gasteiger partial charge on any atom is -0.394 e. The van der Waals surface area contributed by atoms with E-state index in [1.54, 1.807) is 0 Å². The normalized spacial score (nSPS) is 38.8. The fourth-order valence-electron chi connectivity index (χ4n) is 3.70. The molecular weight excluding hydrogens is 466 g/mol. The standard InChI is InChI=1S/C17H31N5O10S/c1-5(25)19-9-13(29)14(8(4-24)30-15(9)21-17(33)22-18)32-16-10(20-6(2)26)12(28)11(27)7(3-23)31-16/h7-16,23-24,27-29H,3-4,18H2,1-2H3,(H,19,25)(H,20,26)(H2,21,22,33)/t7-,8-,9-,10-,11+,12-,13-,14-,15-,16+/m1/s1. The highest BCUT2D eigenvalue weighted by Crippen LogP contribution is 2.29. The first-order chi connectivity index (χ1) is 15.5. The van der Waals surface area contributed by atoms with Crippen molar-refractivity contribution in [2.24, 2.45) is 5.84 Å². The molecule has 0 saturated carbocycles. The van der Waals surface area contributed by atoms with E-state index in [0.29, 0.717) is 0 Å². The van der Waals surface area contributed by atoms with Crippen LogP contribution in [0.25, 0.3) is 0 Å². The summed E-state index contributed by atoms with van der Waals surface area (Å²) in [5.74, 6) is 4.15. The van der Waals surface area contributed by atoms with E-state index in [9.17, 15) is 35.1 Å². The highest BCUT2D eigenvalue weighted by molar-refractivity contribution is 7.80. The molecule has 2 amide bonds. The molecule has 11 N–H and O–H groups in total. The molecule has 2 saturated heterocycles. The molecule has 33 heavy (non-hydrogen) atoms. The maximum atomic E-state index is 11.7. The number of nitrogens with two attached hydrogens (primary N) is 1. The van der Waals surface area contributed by atoms with E-state index in [0.717, 1.165) is 0 Å². The lowest BCUT2D eigenvalue weighted by molar-refractivity contribution is -0.315. The summed E-state index contributed by atoms with van der Waals surface area (Å²) in [4.78, 5) is 23.3. The second-order valence-electron chi connectivity index (χ2n) is 7.65. The molecule has 10 atom stereocenters. The molecule has 0 aromatic rings. The van der Waals surface area contributed by atoms with Crippen molar-refractivity contribution in [1.29, 1.82) is 0 Å². The molecule has 0 unspecified atom stereocenters. The van der Waals surface area contributed by atoms with Crippen molar-refractivity contribution in [3.63, 3.8) is 0 Å². The Morgan fingerprint density at radius 3 is 2.00 bits per heavy atom. The molecule has 2 aliphatic rings. The molecule has 2 rings (SSSR count). The van der Waals surface area contributed by atoms with E-state index in [2.05, 4.69) is 21.4 Å². The van der Waals surface area contributed by atoms with Crippen molar-refractivity contribution in [3.05, 3.63) is 0 Å². The summed E-state index contributed by atoms with van der Waals surface area (Å²) in [6.45, 7) is 1.04. The number of ether oxygens (including phenoxy) is 3. The van der Waals surface area contributed by atoms with Crippen LogP contribution in [0.1, 0.15) is 13.8 Å². The van der Waals surface area contributed by atoms with Crippen LogP contribution in [-0.4, -0.2) is 117 Å². The van der Waals surface area contributed by atoms with Gasteiger partial charge in [-0.2, -0.15) is 0 Å². The average molecular weight is 498 g/mol. The Kier molecular flexibility index (Phi) is 10.1. The van der Waals surface area contributed by atoms with Gasteiger partial charge in [-0.25, -0.2) is 5.84 Å². The van der Waals surface area contributed by atoms with Crippen LogP contribution in [0.5, 0.6) is 0 Å². The van der Waals surface area contributed by atoms with Crippen molar-refractivity contribution >= 4 is 29.1 Å². The topological polar surface area (TPSA) is 237 Å². The Labute approximate surface area is 194 Å². The summed E-state index contributed by atoms with van der Waals surface area (Å²) in [6, 6.07) is -2.44. The van der Waals surface area contributed by atoms with Crippen LogP contribution < -0.4 is 27.2 Å². The second-order valence-corrected chi connectivity index (χ2v) is 8.05. The van der Waals surface area contributed by atoms with Crippen LogP contribution in [0.4, 0.5) is 0 Å². The monoisotopic (exact) mass is 497 g/mol. The van der Waals surface area contributed by atoms with Crippen LogP contribution in [-0.2, 0) is 23.8 Å². The molecule has 15 nitrogen and oxygen atoms in total. The predicted molar refractivity (Wildman–Crippen MR) is 113 cm³/mol. The molecule has 0 aromatic heterocycles. The molecular formula is C17H31N5O10S. The van der Waals surface area contributed by atoms with Crippen molar-refractivity contribution in [1.82, 2.24) is 21.4 Å². The quantitative estimate of drug-likeness (QED) is 0.0896. The Bertz CT molecular complexity index is 705. The summed E-state index contributed by atoms with van der Waals surface area (Å²) in [5.41, 5.74) is 2.17. The number of aliphatic hydroxyl groups is 5. The van der Waals surface area contributed by atoms with Crippen molar-refractivity contribution in [3.8, 4) is 0 Å². The summed E-state index contributed by atoms with van der Waals surface area (Å²) >= 11 is 4.93. The highest BCUT2D eigenvalue weighted by Gasteiger charge is 2.51. The first kappa shape index (κ1) is 27.5. The molecule has 0 spiro atoms. The minimum absolute atomic E-state index is 0.0668. The van der Waals surface area contributed by atoms with E-state index >= 15 is 0 Å².